The Morgan fingerprint density at radius 2 is 1.66 bits per heavy atom. The fourth-order valence-electron chi connectivity index (χ4n) is 12.0. The van der Waals surface area contributed by atoms with Crippen molar-refractivity contribution in [1.82, 2.24) is 45.7 Å². The quantitative estimate of drug-likeness (QED) is 0.0447. The largest absolute Gasteiger partial charge is 0.508 e. The lowest BCUT2D eigenvalue weighted by Gasteiger charge is -2.35. The number of nitrogens with zero attached hydrogens (tertiary/aromatic N) is 7. The lowest BCUT2D eigenvalue weighted by Crippen LogP contribution is -2.57. The Morgan fingerprint density at radius 3 is 2.37 bits per heavy atom. The van der Waals surface area contributed by atoms with Crippen LogP contribution in [-0.4, -0.2) is 122 Å². The van der Waals surface area contributed by atoms with Gasteiger partial charge in [-0.15, -0.1) is 17.8 Å². The molecule has 0 saturated carbocycles. The second-order valence-corrected chi connectivity index (χ2v) is 23.8. The van der Waals surface area contributed by atoms with Crippen molar-refractivity contribution in [3.8, 4) is 45.8 Å². The van der Waals surface area contributed by atoms with Crippen LogP contribution in [0.1, 0.15) is 121 Å². The van der Waals surface area contributed by atoms with Crippen LogP contribution in [0.25, 0.3) is 43.4 Å². The molecule has 4 aliphatic heterocycles. The van der Waals surface area contributed by atoms with Gasteiger partial charge in [0.1, 0.15) is 46.8 Å². The average Bonchev–Trinajstić information content (AvgIpc) is 4.35. The standard InChI is InChI=1S/C61H72F2N10O5S/c1-6-45-48(62)23-20-40-30-43(74)31-46(51(40)45)53-52(63)54-47(33-64-53)57(72-34-41-21-22-42(35-72)67-41)70-60(69-54)78-44-24-28-71(29-25-44)26-12-10-8-7-9-11-15-50(75)68-56(61(3,4)5)59(77)73-27-13-14-49(73)58(76)65-32-38-16-18-39(19-17-38)55-37(2)66-36-79-55/h1,16-20,23,30-31,33,36,41-42,44,49,56,67,74H,7-15,21-22,24-29,32,34-35H2,2-5H3,(H,65,76)(H,68,75)/t41?,42?,49-,56?/m0/s1. The molecule has 4 fully saturated rings. The van der Waals surface area contributed by atoms with Crippen LogP contribution in [0.2, 0.25) is 0 Å². The molecule has 4 N–H and O–H groups in total. The first-order chi connectivity index (χ1) is 38.1. The number of phenols is 1. The predicted molar refractivity (Wildman–Crippen MR) is 305 cm³/mol. The molecular weight excluding hydrogens is 1020 g/mol. The summed E-state index contributed by atoms with van der Waals surface area (Å²) in [5.41, 5.74) is 4.37. The Hall–Kier alpha value is -6.81. The molecule has 0 spiro atoms. The molecular formula is C61H72F2N10O5S. The van der Waals surface area contributed by atoms with E-state index in [2.05, 4.69) is 46.6 Å². The van der Waals surface area contributed by atoms with Gasteiger partial charge in [-0.2, -0.15) is 9.97 Å². The van der Waals surface area contributed by atoms with Gasteiger partial charge >= 0.3 is 6.01 Å². The van der Waals surface area contributed by atoms with E-state index in [1.807, 2.05) is 57.5 Å². The number of anilines is 1. The van der Waals surface area contributed by atoms with E-state index >= 15 is 8.78 Å². The van der Waals surface area contributed by atoms with Gasteiger partial charge in [-0.25, -0.2) is 13.8 Å². The first-order valence-corrected chi connectivity index (χ1v) is 29.0. The topological polar surface area (TPSA) is 178 Å². The summed E-state index contributed by atoms with van der Waals surface area (Å²) in [6.07, 6.45) is 18.3. The monoisotopic (exact) mass is 1090 g/mol. The number of likely N-dealkylation sites (tertiary alicyclic amines) is 2. The third-order valence-corrected chi connectivity index (χ3v) is 17.2. The Bertz CT molecular complexity index is 3230. The zero-order valence-electron chi connectivity index (χ0n) is 45.8. The molecule has 3 aromatic carbocycles. The normalized spacial score (nSPS) is 19.2. The molecule has 416 valence electrons. The van der Waals surface area contributed by atoms with E-state index in [0.717, 1.165) is 112 Å². The second-order valence-electron chi connectivity index (χ2n) is 23.0. The van der Waals surface area contributed by atoms with Gasteiger partial charge in [-0.1, -0.05) is 82.7 Å². The van der Waals surface area contributed by atoms with Crippen LogP contribution >= 0.6 is 11.3 Å². The van der Waals surface area contributed by atoms with E-state index in [9.17, 15) is 19.5 Å². The number of thiazole rings is 1. The zero-order chi connectivity index (χ0) is 55.4. The van der Waals surface area contributed by atoms with Gasteiger partial charge < -0.3 is 40.5 Å². The number of piperidine rings is 1. The highest BCUT2D eigenvalue weighted by atomic mass is 32.1. The van der Waals surface area contributed by atoms with Crippen molar-refractivity contribution in [2.75, 3.05) is 44.2 Å². The molecule has 4 atom stereocenters. The number of aryl methyl sites for hydroxylation is 1. The summed E-state index contributed by atoms with van der Waals surface area (Å²) in [5.74, 6) is 0.912. The van der Waals surface area contributed by atoms with Crippen molar-refractivity contribution in [1.29, 1.82) is 0 Å². The second kappa shape index (κ2) is 24.3. The maximum absolute atomic E-state index is 17.1. The molecule has 0 aliphatic carbocycles. The number of aromatic hydroxyl groups is 1. The lowest BCUT2D eigenvalue weighted by atomic mass is 9.85. The number of terminal acetylenes is 1. The Labute approximate surface area is 465 Å². The lowest BCUT2D eigenvalue weighted by molar-refractivity contribution is -0.143. The third-order valence-electron chi connectivity index (χ3n) is 16.2. The molecule has 10 rings (SSSR count). The summed E-state index contributed by atoms with van der Waals surface area (Å²) in [7, 11) is 0. The molecule has 6 aromatic rings. The zero-order valence-corrected chi connectivity index (χ0v) is 46.6. The Morgan fingerprint density at radius 1 is 0.924 bits per heavy atom. The minimum absolute atomic E-state index is 0.0280. The van der Waals surface area contributed by atoms with Crippen molar-refractivity contribution in [3.63, 3.8) is 0 Å². The van der Waals surface area contributed by atoms with Crippen LogP contribution in [0.15, 0.2) is 60.2 Å². The van der Waals surface area contributed by atoms with Crippen molar-refractivity contribution in [2.45, 2.75) is 148 Å². The van der Waals surface area contributed by atoms with E-state index in [1.165, 1.54) is 24.3 Å². The molecule has 15 nitrogen and oxygen atoms in total. The molecule has 7 heterocycles. The highest BCUT2D eigenvalue weighted by Gasteiger charge is 2.42. The molecule has 4 saturated heterocycles. The number of carbonyl (C=O) groups excluding carboxylic acids is 3. The average molecular weight is 1100 g/mol. The van der Waals surface area contributed by atoms with Crippen molar-refractivity contribution < 1.29 is 33.0 Å². The van der Waals surface area contributed by atoms with Crippen LogP contribution in [0.3, 0.4) is 0 Å². The maximum atomic E-state index is 17.1. The van der Waals surface area contributed by atoms with Gasteiger partial charge in [0.15, 0.2) is 5.82 Å². The number of unbranched alkanes of at least 4 members (excludes halogenated alkanes) is 5. The molecule has 2 bridgehead atoms. The van der Waals surface area contributed by atoms with Gasteiger partial charge in [-0.05, 0) is 105 Å². The van der Waals surface area contributed by atoms with Crippen LogP contribution in [0.4, 0.5) is 14.6 Å². The fourth-order valence-corrected chi connectivity index (χ4v) is 12.8. The summed E-state index contributed by atoms with van der Waals surface area (Å²) < 4.78 is 38.6. The van der Waals surface area contributed by atoms with E-state index in [4.69, 9.17) is 16.1 Å². The number of halogens is 2. The molecule has 4 aliphatic rings. The number of nitrogens with one attached hydrogen (secondary N) is 3. The third kappa shape index (κ3) is 12.6. The number of phenolic OH excluding ortho intramolecular Hbond substituents is 1. The number of amides is 3. The Kier molecular flexibility index (Phi) is 17.1. The molecule has 3 amide bonds. The number of rotatable bonds is 19. The maximum Gasteiger partial charge on any atom is 0.319 e. The van der Waals surface area contributed by atoms with Crippen LogP contribution in [-0.2, 0) is 20.9 Å². The number of hydrogen-bond donors (Lipinski definition) is 4. The number of pyridine rings is 1. The van der Waals surface area contributed by atoms with E-state index in [-0.39, 0.29) is 75.4 Å². The Balaban J connectivity index is 0.671. The number of benzene rings is 3. The predicted octanol–water partition coefficient (Wildman–Crippen LogP) is 9.59. The number of piperazine rings is 1. The number of carbonyl (C=O) groups is 3. The molecule has 79 heavy (non-hydrogen) atoms. The minimum Gasteiger partial charge on any atom is -0.508 e. The van der Waals surface area contributed by atoms with Crippen molar-refractivity contribution in [2.24, 2.45) is 5.41 Å². The molecule has 3 unspecified atom stereocenters. The molecule has 3 aromatic heterocycles. The summed E-state index contributed by atoms with van der Waals surface area (Å²) in [4.78, 5) is 66.8. The number of ether oxygens (including phenoxy) is 1. The number of hydrogen-bond acceptors (Lipinski definition) is 13. The number of aromatic nitrogens is 4. The van der Waals surface area contributed by atoms with Crippen molar-refractivity contribution >= 4 is 56.6 Å². The van der Waals surface area contributed by atoms with Gasteiger partial charge in [0.05, 0.1) is 27.0 Å². The first kappa shape index (κ1) is 55.5. The van der Waals surface area contributed by atoms with Crippen molar-refractivity contribution in [3.05, 3.63) is 88.7 Å². The smallest absolute Gasteiger partial charge is 0.319 e. The van der Waals surface area contributed by atoms with Crippen LogP contribution in [0, 0.1) is 36.3 Å². The molecule has 0 radical (unpaired) electrons. The van der Waals surface area contributed by atoms with Gasteiger partial charge in [0, 0.05) is 74.9 Å². The highest BCUT2D eigenvalue weighted by Crippen LogP contribution is 2.40. The summed E-state index contributed by atoms with van der Waals surface area (Å²) in [6.45, 7) is 12.7. The summed E-state index contributed by atoms with van der Waals surface area (Å²) in [6, 6.07) is 13.0. The summed E-state index contributed by atoms with van der Waals surface area (Å²) >= 11 is 1.60. The number of fused-ring (bicyclic) bond motifs is 4. The SMILES string of the molecule is C#Cc1c(F)ccc2cc(O)cc(-c3ncc4c(N5CC6CCC(C5)N6)nc(OC5CCN(CCCCCCCCC(=O)NC(C(=O)N6CCC[C@H]6C(=O)NCc6ccc(-c7scnc7C)cc6)C(C)(C)C)CC5)nc4c3F)c12. The van der Waals surface area contributed by atoms with E-state index in [0.29, 0.717) is 55.6 Å². The van der Waals surface area contributed by atoms with Gasteiger partial charge in [0.2, 0.25) is 17.7 Å². The van der Waals surface area contributed by atoms with Crippen LogP contribution in [0.5, 0.6) is 11.8 Å². The summed E-state index contributed by atoms with van der Waals surface area (Å²) in [5, 5.41) is 21.6. The van der Waals surface area contributed by atoms with Crippen LogP contribution < -0.4 is 25.6 Å². The van der Waals surface area contributed by atoms with E-state index in [1.54, 1.807) is 22.4 Å². The molecule has 18 heteroatoms. The van der Waals surface area contributed by atoms with Gasteiger partial charge in [-0.3, -0.25) is 19.4 Å². The van der Waals surface area contributed by atoms with Gasteiger partial charge in [0.25, 0.3) is 0 Å². The first-order valence-electron chi connectivity index (χ1n) is 28.2. The minimum atomic E-state index is -0.750. The fraction of sp³-hybridized carbons (Fsp3) is 0.492. The van der Waals surface area contributed by atoms with E-state index < -0.39 is 29.1 Å². The highest BCUT2D eigenvalue weighted by molar-refractivity contribution is 7.13.